The Balaban J connectivity index is 1.73. The maximum absolute atomic E-state index is 12.5. The number of carbonyl (C=O) groups excluding carboxylic acids is 1. The number of carbonyl (C=O) groups is 1. The van der Waals surface area contributed by atoms with E-state index in [-0.39, 0.29) is 10.8 Å². The van der Waals surface area contributed by atoms with Crippen LogP contribution in [0.3, 0.4) is 0 Å². The molecule has 0 spiro atoms. The minimum Gasteiger partial charge on any atom is -0.321 e. The number of nitrogens with zero attached hydrogens (tertiary/aromatic N) is 1. The fourth-order valence-electron chi connectivity index (χ4n) is 3.22. The summed E-state index contributed by atoms with van der Waals surface area (Å²) in [7, 11) is -3.48. The first-order valence-electron chi connectivity index (χ1n) is 8.98. The Kier molecular flexibility index (Phi) is 5.79. The highest BCUT2D eigenvalue weighted by atomic mass is 32.2. The van der Waals surface area contributed by atoms with Crippen molar-refractivity contribution in [1.82, 2.24) is 4.31 Å². The van der Waals surface area contributed by atoms with Gasteiger partial charge in [0.25, 0.3) is 5.91 Å². The van der Waals surface area contributed by atoms with Gasteiger partial charge >= 0.3 is 0 Å². The van der Waals surface area contributed by atoms with E-state index in [1.165, 1.54) is 27.6 Å². The van der Waals surface area contributed by atoms with Gasteiger partial charge in [-0.1, -0.05) is 13.8 Å². The molecular formula is C19H24N2O3S2. The summed E-state index contributed by atoms with van der Waals surface area (Å²) in [6.45, 7) is 4.49. The second kappa shape index (κ2) is 7.90. The molecule has 5 nitrogen and oxygen atoms in total. The van der Waals surface area contributed by atoms with Gasteiger partial charge in [-0.15, -0.1) is 11.3 Å². The first-order chi connectivity index (χ1) is 12.5. The summed E-state index contributed by atoms with van der Waals surface area (Å²) < 4.78 is 26.4. The molecule has 7 heteroatoms. The van der Waals surface area contributed by atoms with E-state index in [2.05, 4.69) is 5.32 Å². The molecule has 0 fully saturated rings. The lowest BCUT2D eigenvalue weighted by Crippen LogP contribution is -2.30. The van der Waals surface area contributed by atoms with Crippen molar-refractivity contribution in [3.8, 4) is 0 Å². The summed E-state index contributed by atoms with van der Waals surface area (Å²) in [5.41, 5.74) is 1.90. The molecule has 1 heterocycles. The lowest BCUT2D eigenvalue weighted by molar-refractivity contribution is 0.103. The van der Waals surface area contributed by atoms with Crippen LogP contribution in [0.4, 0.5) is 5.69 Å². The van der Waals surface area contributed by atoms with Crippen LogP contribution in [-0.2, 0) is 22.9 Å². The zero-order valence-corrected chi connectivity index (χ0v) is 16.8. The molecule has 0 atom stereocenters. The zero-order valence-electron chi connectivity index (χ0n) is 15.1. The molecule has 0 radical (unpaired) electrons. The second-order valence-electron chi connectivity index (χ2n) is 6.33. The van der Waals surface area contributed by atoms with Crippen LogP contribution in [-0.4, -0.2) is 31.7 Å². The van der Waals surface area contributed by atoms with Crippen LogP contribution in [0.1, 0.15) is 46.8 Å². The SMILES string of the molecule is CCN(CC)S(=O)(=O)c1ccc(NC(=O)c2cc3c(s2)CCCC3)cc1. The Morgan fingerprint density at radius 1 is 1.12 bits per heavy atom. The second-order valence-corrected chi connectivity index (χ2v) is 9.41. The molecule has 1 aliphatic rings. The Morgan fingerprint density at radius 3 is 2.38 bits per heavy atom. The van der Waals surface area contributed by atoms with Gasteiger partial charge < -0.3 is 5.32 Å². The van der Waals surface area contributed by atoms with Gasteiger partial charge in [0.2, 0.25) is 10.0 Å². The van der Waals surface area contributed by atoms with Gasteiger partial charge in [0.1, 0.15) is 0 Å². The average molecular weight is 393 g/mol. The quantitative estimate of drug-likeness (QED) is 0.810. The monoisotopic (exact) mass is 392 g/mol. The number of anilines is 1. The number of sulfonamides is 1. The van der Waals surface area contributed by atoms with Crippen LogP contribution in [0.5, 0.6) is 0 Å². The van der Waals surface area contributed by atoms with E-state index in [0.717, 1.165) is 17.7 Å². The first-order valence-corrected chi connectivity index (χ1v) is 11.2. The third-order valence-corrected chi connectivity index (χ3v) is 7.98. The number of hydrogen-bond acceptors (Lipinski definition) is 4. The van der Waals surface area contributed by atoms with E-state index < -0.39 is 10.0 Å². The normalized spacial score (nSPS) is 14.3. The van der Waals surface area contributed by atoms with E-state index >= 15 is 0 Å². The van der Waals surface area contributed by atoms with Gasteiger partial charge in [-0.2, -0.15) is 4.31 Å². The highest BCUT2D eigenvalue weighted by Crippen LogP contribution is 2.30. The van der Waals surface area contributed by atoms with Crippen LogP contribution in [0.2, 0.25) is 0 Å². The minimum atomic E-state index is -3.48. The molecule has 140 valence electrons. The molecule has 0 bridgehead atoms. The lowest BCUT2D eigenvalue weighted by atomic mass is 9.99. The fourth-order valence-corrected chi connectivity index (χ4v) is 5.82. The van der Waals surface area contributed by atoms with Crippen LogP contribution in [0, 0.1) is 0 Å². The first kappa shape index (κ1) is 19.1. The molecule has 2 aromatic rings. The molecule has 0 aliphatic heterocycles. The summed E-state index contributed by atoms with van der Waals surface area (Å²) in [4.78, 5) is 14.8. The van der Waals surface area contributed by atoms with Crippen molar-refractivity contribution >= 4 is 33.0 Å². The number of thiophene rings is 1. The van der Waals surface area contributed by atoms with E-state index in [1.54, 1.807) is 35.6 Å². The van der Waals surface area contributed by atoms with E-state index in [4.69, 9.17) is 0 Å². The molecule has 0 unspecified atom stereocenters. The van der Waals surface area contributed by atoms with Crippen molar-refractivity contribution in [3.05, 3.63) is 45.6 Å². The van der Waals surface area contributed by atoms with Crippen molar-refractivity contribution in [2.45, 2.75) is 44.4 Å². The summed E-state index contributed by atoms with van der Waals surface area (Å²) in [5, 5.41) is 2.87. The van der Waals surface area contributed by atoms with Gasteiger partial charge in [0.05, 0.1) is 9.77 Å². The highest BCUT2D eigenvalue weighted by molar-refractivity contribution is 7.89. The standard InChI is InChI=1S/C19H24N2O3S2/c1-3-21(4-2)26(23,24)16-11-9-15(10-12-16)20-19(22)18-13-14-7-5-6-8-17(14)25-18/h9-13H,3-8H2,1-2H3,(H,20,22). The van der Waals surface area contributed by atoms with Crippen molar-refractivity contribution in [2.75, 3.05) is 18.4 Å². The number of nitrogens with one attached hydrogen (secondary N) is 1. The number of rotatable bonds is 6. The maximum atomic E-state index is 12.5. The Morgan fingerprint density at radius 2 is 1.77 bits per heavy atom. The summed E-state index contributed by atoms with van der Waals surface area (Å²) in [5.74, 6) is -0.135. The number of fused-ring (bicyclic) bond motifs is 1. The molecule has 0 saturated carbocycles. The molecule has 1 aliphatic carbocycles. The molecule has 1 aromatic heterocycles. The number of aryl methyl sites for hydroxylation is 2. The number of hydrogen-bond donors (Lipinski definition) is 1. The molecular weight excluding hydrogens is 368 g/mol. The van der Waals surface area contributed by atoms with Gasteiger partial charge in [0, 0.05) is 23.7 Å². The van der Waals surface area contributed by atoms with Crippen molar-refractivity contribution in [3.63, 3.8) is 0 Å². The van der Waals surface area contributed by atoms with Gasteiger partial charge in [0.15, 0.2) is 0 Å². The van der Waals surface area contributed by atoms with Crippen LogP contribution < -0.4 is 5.32 Å². The van der Waals surface area contributed by atoms with Gasteiger partial charge in [-0.3, -0.25) is 4.79 Å². The van der Waals surface area contributed by atoms with Gasteiger partial charge in [-0.25, -0.2) is 8.42 Å². The van der Waals surface area contributed by atoms with Crippen LogP contribution >= 0.6 is 11.3 Å². The molecule has 1 aromatic carbocycles. The predicted octanol–water partition coefficient (Wildman–Crippen LogP) is 3.91. The van der Waals surface area contributed by atoms with Crippen molar-refractivity contribution in [2.24, 2.45) is 0 Å². The molecule has 1 N–H and O–H groups in total. The maximum Gasteiger partial charge on any atom is 0.265 e. The topological polar surface area (TPSA) is 66.5 Å². The Hall–Kier alpha value is -1.70. The van der Waals surface area contributed by atoms with Crippen molar-refractivity contribution < 1.29 is 13.2 Å². The largest absolute Gasteiger partial charge is 0.321 e. The average Bonchev–Trinajstić information content (AvgIpc) is 3.07. The lowest BCUT2D eigenvalue weighted by Gasteiger charge is -2.18. The van der Waals surface area contributed by atoms with E-state index in [1.807, 2.05) is 19.9 Å². The molecule has 0 saturated heterocycles. The molecule has 3 rings (SSSR count). The fraction of sp³-hybridized carbons (Fsp3) is 0.421. The molecule has 26 heavy (non-hydrogen) atoms. The molecule has 1 amide bonds. The smallest absolute Gasteiger partial charge is 0.265 e. The number of benzene rings is 1. The summed E-state index contributed by atoms with van der Waals surface area (Å²) >= 11 is 1.57. The highest BCUT2D eigenvalue weighted by Gasteiger charge is 2.22. The van der Waals surface area contributed by atoms with Gasteiger partial charge in [-0.05, 0) is 61.6 Å². The number of amides is 1. The summed E-state index contributed by atoms with van der Waals surface area (Å²) in [6.07, 6.45) is 4.49. The van der Waals surface area contributed by atoms with E-state index in [0.29, 0.717) is 18.8 Å². The Bertz CT molecular complexity index is 859. The third-order valence-electron chi connectivity index (χ3n) is 4.68. The third kappa shape index (κ3) is 3.84. The van der Waals surface area contributed by atoms with Crippen LogP contribution in [0.25, 0.3) is 0 Å². The predicted molar refractivity (Wildman–Crippen MR) is 105 cm³/mol. The minimum absolute atomic E-state index is 0.135. The van der Waals surface area contributed by atoms with Crippen LogP contribution in [0.15, 0.2) is 35.2 Å². The summed E-state index contributed by atoms with van der Waals surface area (Å²) in [6, 6.07) is 8.36. The zero-order chi connectivity index (χ0) is 18.7. The van der Waals surface area contributed by atoms with Crippen molar-refractivity contribution in [1.29, 1.82) is 0 Å². The Labute approximate surface area is 159 Å². The van der Waals surface area contributed by atoms with E-state index in [9.17, 15) is 13.2 Å².